The van der Waals surface area contributed by atoms with Crippen molar-refractivity contribution in [2.24, 2.45) is 11.7 Å². The number of aryl methyl sites for hydroxylation is 1. The van der Waals surface area contributed by atoms with Gasteiger partial charge in [-0.1, -0.05) is 43.5 Å². The van der Waals surface area contributed by atoms with Gasteiger partial charge in [-0.25, -0.2) is 0 Å². The fraction of sp³-hybridized carbons (Fsp3) is 0.625. The number of nitrogens with two attached hydrogens (primary N) is 1. The summed E-state index contributed by atoms with van der Waals surface area (Å²) in [6.45, 7) is 3.64. The Kier molecular flexibility index (Phi) is 5.21. The lowest BCUT2D eigenvalue weighted by atomic mass is 9.90. The summed E-state index contributed by atoms with van der Waals surface area (Å²) in [4.78, 5) is 0. The molecule has 0 spiro atoms. The van der Waals surface area contributed by atoms with Crippen LogP contribution in [0.5, 0.6) is 0 Å². The van der Waals surface area contributed by atoms with Crippen LogP contribution in [0.3, 0.4) is 0 Å². The van der Waals surface area contributed by atoms with Crippen LogP contribution < -0.4 is 5.73 Å². The zero-order chi connectivity index (χ0) is 12.8. The van der Waals surface area contributed by atoms with Crippen molar-refractivity contribution in [1.29, 1.82) is 0 Å². The molecule has 1 aromatic carbocycles. The highest BCUT2D eigenvalue weighted by atomic mass is 16.5. The van der Waals surface area contributed by atoms with E-state index in [1.807, 2.05) is 6.07 Å². The summed E-state index contributed by atoms with van der Waals surface area (Å²) < 4.78 is 5.82. The average Bonchev–Trinajstić information content (AvgIpc) is 2.40. The van der Waals surface area contributed by atoms with Crippen LogP contribution in [0, 0.1) is 12.8 Å². The molecular formula is C16H25NO. The Morgan fingerprint density at radius 3 is 2.67 bits per heavy atom. The molecule has 0 bridgehead atoms. The minimum absolute atomic E-state index is 0.00907. The number of hydrogen-bond donors (Lipinski definition) is 1. The van der Waals surface area contributed by atoms with E-state index in [-0.39, 0.29) is 6.04 Å². The van der Waals surface area contributed by atoms with E-state index in [2.05, 4.69) is 25.1 Å². The van der Waals surface area contributed by atoms with Crippen LogP contribution in [0.2, 0.25) is 0 Å². The van der Waals surface area contributed by atoms with E-state index < -0.39 is 0 Å². The van der Waals surface area contributed by atoms with E-state index >= 15 is 0 Å². The quantitative estimate of drug-likeness (QED) is 0.863. The SMILES string of the molecule is Cc1ccccc1C(N)COCC1CCCCC1. The largest absolute Gasteiger partial charge is 0.379 e. The molecule has 0 radical (unpaired) electrons. The number of rotatable bonds is 5. The molecule has 18 heavy (non-hydrogen) atoms. The monoisotopic (exact) mass is 247 g/mol. The van der Waals surface area contributed by atoms with Crippen molar-refractivity contribution in [2.45, 2.75) is 45.1 Å². The Morgan fingerprint density at radius 2 is 1.94 bits per heavy atom. The van der Waals surface area contributed by atoms with Crippen LogP contribution in [0.15, 0.2) is 24.3 Å². The van der Waals surface area contributed by atoms with Gasteiger partial charge in [0.2, 0.25) is 0 Å². The highest BCUT2D eigenvalue weighted by Gasteiger charge is 2.14. The summed E-state index contributed by atoms with van der Waals surface area (Å²) in [5, 5.41) is 0. The number of benzene rings is 1. The molecule has 1 unspecified atom stereocenters. The lowest BCUT2D eigenvalue weighted by molar-refractivity contribution is 0.0758. The molecular weight excluding hydrogens is 222 g/mol. The lowest BCUT2D eigenvalue weighted by Gasteiger charge is -2.22. The Morgan fingerprint density at radius 1 is 1.22 bits per heavy atom. The van der Waals surface area contributed by atoms with Gasteiger partial charge in [-0.05, 0) is 36.8 Å². The molecule has 1 atom stereocenters. The van der Waals surface area contributed by atoms with Gasteiger partial charge in [-0.3, -0.25) is 0 Å². The van der Waals surface area contributed by atoms with Gasteiger partial charge in [0, 0.05) is 6.61 Å². The molecule has 2 nitrogen and oxygen atoms in total. The van der Waals surface area contributed by atoms with E-state index in [0.717, 1.165) is 12.5 Å². The molecule has 100 valence electrons. The number of ether oxygens (including phenoxy) is 1. The predicted octanol–water partition coefficient (Wildman–Crippen LogP) is 3.59. The molecule has 1 aromatic rings. The van der Waals surface area contributed by atoms with Gasteiger partial charge < -0.3 is 10.5 Å². The first-order valence-electron chi connectivity index (χ1n) is 7.16. The van der Waals surface area contributed by atoms with Crippen molar-refractivity contribution in [3.63, 3.8) is 0 Å². The Bertz CT molecular complexity index is 358. The van der Waals surface area contributed by atoms with Crippen LogP contribution in [0.4, 0.5) is 0 Å². The van der Waals surface area contributed by atoms with E-state index in [0.29, 0.717) is 6.61 Å². The Hall–Kier alpha value is -0.860. The third-order valence-electron chi connectivity index (χ3n) is 3.96. The standard InChI is InChI=1S/C16H25NO/c1-13-7-5-6-10-15(13)16(17)12-18-11-14-8-3-2-4-9-14/h5-7,10,14,16H,2-4,8-9,11-12,17H2,1H3. The van der Waals surface area contributed by atoms with Crippen molar-refractivity contribution < 1.29 is 4.74 Å². The minimum Gasteiger partial charge on any atom is -0.379 e. The normalized spacial score (nSPS) is 18.8. The highest BCUT2D eigenvalue weighted by molar-refractivity contribution is 5.28. The molecule has 0 aliphatic heterocycles. The fourth-order valence-electron chi connectivity index (χ4n) is 2.81. The van der Waals surface area contributed by atoms with Gasteiger partial charge in [-0.2, -0.15) is 0 Å². The molecule has 1 aliphatic rings. The highest BCUT2D eigenvalue weighted by Crippen LogP contribution is 2.24. The summed E-state index contributed by atoms with van der Waals surface area (Å²) in [6.07, 6.45) is 6.81. The molecule has 2 rings (SSSR count). The first-order chi connectivity index (χ1) is 8.77. The molecule has 0 heterocycles. The molecule has 2 heteroatoms. The van der Waals surface area contributed by atoms with Gasteiger partial charge in [0.1, 0.15) is 0 Å². The zero-order valence-corrected chi connectivity index (χ0v) is 11.4. The second kappa shape index (κ2) is 6.91. The van der Waals surface area contributed by atoms with E-state index in [9.17, 15) is 0 Å². The second-order valence-corrected chi connectivity index (χ2v) is 5.50. The minimum atomic E-state index is 0.00907. The molecule has 2 N–H and O–H groups in total. The maximum atomic E-state index is 6.19. The average molecular weight is 247 g/mol. The smallest absolute Gasteiger partial charge is 0.0659 e. The van der Waals surface area contributed by atoms with E-state index in [1.165, 1.54) is 43.2 Å². The molecule has 0 amide bonds. The first kappa shape index (κ1) is 13.6. The van der Waals surface area contributed by atoms with Gasteiger partial charge in [-0.15, -0.1) is 0 Å². The Labute approximate surface area is 111 Å². The van der Waals surface area contributed by atoms with E-state index in [1.54, 1.807) is 0 Å². The van der Waals surface area contributed by atoms with Crippen molar-refractivity contribution >= 4 is 0 Å². The van der Waals surface area contributed by atoms with Gasteiger partial charge in [0.05, 0.1) is 12.6 Å². The second-order valence-electron chi connectivity index (χ2n) is 5.50. The molecule has 0 aromatic heterocycles. The van der Waals surface area contributed by atoms with Gasteiger partial charge in [0.25, 0.3) is 0 Å². The predicted molar refractivity (Wildman–Crippen MR) is 75.5 cm³/mol. The molecule has 1 saturated carbocycles. The van der Waals surface area contributed by atoms with Crippen LogP contribution in [-0.2, 0) is 4.74 Å². The topological polar surface area (TPSA) is 35.2 Å². The summed E-state index contributed by atoms with van der Waals surface area (Å²) in [5.41, 5.74) is 8.65. The molecule has 0 saturated heterocycles. The van der Waals surface area contributed by atoms with Crippen molar-refractivity contribution in [2.75, 3.05) is 13.2 Å². The van der Waals surface area contributed by atoms with Crippen LogP contribution >= 0.6 is 0 Å². The van der Waals surface area contributed by atoms with Crippen molar-refractivity contribution in [3.8, 4) is 0 Å². The maximum Gasteiger partial charge on any atom is 0.0659 e. The summed E-state index contributed by atoms with van der Waals surface area (Å²) in [7, 11) is 0. The van der Waals surface area contributed by atoms with Gasteiger partial charge >= 0.3 is 0 Å². The first-order valence-corrected chi connectivity index (χ1v) is 7.16. The lowest BCUT2D eigenvalue weighted by Crippen LogP contribution is -2.21. The third kappa shape index (κ3) is 3.82. The van der Waals surface area contributed by atoms with Crippen LogP contribution in [-0.4, -0.2) is 13.2 Å². The summed E-state index contributed by atoms with van der Waals surface area (Å²) >= 11 is 0. The van der Waals surface area contributed by atoms with Crippen molar-refractivity contribution in [1.82, 2.24) is 0 Å². The fourth-order valence-corrected chi connectivity index (χ4v) is 2.81. The molecule has 1 aliphatic carbocycles. The maximum absolute atomic E-state index is 6.19. The summed E-state index contributed by atoms with van der Waals surface area (Å²) in [6, 6.07) is 8.31. The number of hydrogen-bond acceptors (Lipinski definition) is 2. The third-order valence-corrected chi connectivity index (χ3v) is 3.96. The summed E-state index contributed by atoms with van der Waals surface area (Å²) in [5.74, 6) is 0.767. The van der Waals surface area contributed by atoms with Crippen LogP contribution in [0.1, 0.15) is 49.3 Å². The van der Waals surface area contributed by atoms with E-state index in [4.69, 9.17) is 10.5 Å². The molecule has 1 fully saturated rings. The van der Waals surface area contributed by atoms with Crippen LogP contribution in [0.25, 0.3) is 0 Å². The zero-order valence-electron chi connectivity index (χ0n) is 11.4. The van der Waals surface area contributed by atoms with Gasteiger partial charge in [0.15, 0.2) is 0 Å². The Balaban J connectivity index is 1.74. The van der Waals surface area contributed by atoms with Crippen molar-refractivity contribution in [3.05, 3.63) is 35.4 Å².